The Kier molecular flexibility index (Phi) is 8.96. The van der Waals surface area contributed by atoms with Crippen molar-refractivity contribution < 1.29 is 23.8 Å². The van der Waals surface area contributed by atoms with E-state index >= 15 is 0 Å². The number of amides is 1. The highest BCUT2D eigenvalue weighted by molar-refractivity contribution is 5.90. The number of nitrogens with one attached hydrogen (secondary N) is 1. The van der Waals surface area contributed by atoms with Crippen molar-refractivity contribution in [3.63, 3.8) is 0 Å². The molecule has 1 amide bonds. The summed E-state index contributed by atoms with van der Waals surface area (Å²) in [7, 11) is 1.36. The summed E-state index contributed by atoms with van der Waals surface area (Å²) in [6.45, 7) is 3.66. The largest absolute Gasteiger partial charge is 0.494 e. The molecule has 6 nitrogen and oxygen atoms in total. The van der Waals surface area contributed by atoms with Gasteiger partial charge in [-0.25, -0.2) is 4.79 Å². The monoisotopic (exact) mass is 501 g/mol. The van der Waals surface area contributed by atoms with E-state index in [0.29, 0.717) is 38.2 Å². The summed E-state index contributed by atoms with van der Waals surface area (Å²) < 4.78 is 16.3. The number of carbonyl (C=O) groups excluding carboxylic acids is 2. The predicted octanol–water partition coefficient (Wildman–Crippen LogP) is 5.41. The molecule has 3 aromatic carbocycles. The lowest BCUT2D eigenvalue weighted by Crippen LogP contribution is -2.48. The lowest BCUT2D eigenvalue weighted by atomic mass is 9.73. The van der Waals surface area contributed by atoms with E-state index in [0.717, 1.165) is 29.7 Å². The Morgan fingerprint density at radius 1 is 0.946 bits per heavy atom. The quantitative estimate of drug-likeness (QED) is 0.297. The van der Waals surface area contributed by atoms with Crippen LogP contribution in [-0.2, 0) is 26.1 Å². The van der Waals surface area contributed by atoms with Gasteiger partial charge in [0.2, 0.25) is 5.91 Å². The Morgan fingerprint density at radius 3 is 2.27 bits per heavy atom. The molecule has 0 radical (unpaired) electrons. The number of hydrogen-bond acceptors (Lipinski definition) is 5. The van der Waals surface area contributed by atoms with Crippen molar-refractivity contribution in [1.29, 1.82) is 0 Å². The summed E-state index contributed by atoms with van der Waals surface area (Å²) in [6.07, 6.45) is 3.15. The van der Waals surface area contributed by atoms with Gasteiger partial charge in [0.15, 0.2) is 0 Å². The molecule has 1 aliphatic rings. The van der Waals surface area contributed by atoms with Crippen LogP contribution < -0.4 is 10.1 Å². The van der Waals surface area contributed by atoms with E-state index in [1.165, 1.54) is 12.7 Å². The van der Waals surface area contributed by atoms with Crippen LogP contribution in [0.4, 0.5) is 0 Å². The second-order valence-electron chi connectivity index (χ2n) is 9.47. The van der Waals surface area contributed by atoms with Crippen molar-refractivity contribution in [3.05, 3.63) is 101 Å². The highest BCUT2D eigenvalue weighted by Crippen LogP contribution is 2.36. The molecule has 1 N–H and O–H groups in total. The van der Waals surface area contributed by atoms with Crippen molar-refractivity contribution in [2.45, 2.75) is 44.1 Å². The van der Waals surface area contributed by atoms with Gasteiger partial charge in [0.1, 0.15) is 5.75 Å². The van der Waals surface area contributed by atoms with Gasteiger partial charge in [-0.1, -0.05) is 54.6 Å². The number of methoxy groups -OCH3 is 1. The minimum atomic E-state index is -0.662. The second-order valence-corrected chi connectivity index (χ2v) is 9.47. The topological polar surface area (TPSA) is 73.9 Å². The molecule has 1 heterocycles. The van der Waals surface area contributed by atoms with E-state index in [4.69, 9.17) is 14.2 Å². The number of ether oxygens (including phenoxy) is 3. The number of benzene rings is 3. The smallest absolute Gasteiger partial charge is 0.337 e. The summed E-state index contributed by atoms with van der Waals surface area (Å²) in [4.78, 5) is 25.4. The minimum Gasteiger partial charge on any atom is -0.494 e. The van der Waals surface area contributed by atoms with Crippen LogP contribution in [-0.4, -0.2) is 38.8 Å². The number of rotatable bonds is 10. The first-order valence-corrected chi connectivity index (χ1v) is 12.9. The van der Waals surface area contributed by atoms with E-state index in [1.54, 1.807) is 12.1 Å². The Hall–Kier alpha value is -3.64. The Bertz CT molecular complexity index is 1150. The van der Waals surface area contributed by atoms with Gasteiger partial charge in [-0.3, -0.25) is 4.79 Å². The second kappa shape index (κ2) is 12.5. The normalized spacial score (nSPS) is 15.4. The fourth-order valence-corrected chi connectivity index (χ4v) is 4.79. The van der Waals surface area contributed by atoms with Crippen LogP contribution in [0, 0.1) is 0 Å². The molecule has 194 valence electrons. The van der Waals surface area contributed by atoms with Gasteiger partial charge in [0.05, 0.1) is 30.7 Å². The highest BCUT2D eigenvalue weighted by Gasteiger charge is 2.42. The summed E-state index contributed by atoms with van der Waals surface area (Å²) in [5.41, 5.74) is 3.01. The van der Waals surface area contributed by atoms with Gasteiger partial charge < -0.3 is 19.5 Å². The van der Waals surface area contributed by atoms with Gasteiger partial charge >= 0.3 is 5.97 Å². The third-order valence-electron chi connectivity index (χ3n) is 7.09. The molecule has 1 unspecified atom stereocenters. The van der Waals surface area contributed by atoms with Crippen LogP contribution in [0.3, 0.4) is 0 Å². The standard InChI is InChI=1S/C31H35NO5/c1-23(25-10-12-26(13-11-25)29(33)35-2)32-30(34)31(18-21-36-22-19-31)27-14-16-28(17-15-27)37-20-6-9-24-7-4-3-5-8-24/h3-5,7-8,10-17,23H,6,9,18-22H2,1-2H3,(H,32,34). The average Bonchev–Trinajstić information content (AvgIpc) is 2.96. The molecule has 1 atom stereocenters. The number of aryl methyl sites for hydroxylation is 1. The Balaban J connectivity index is 1.39. The summed E-state index contributed by atoms with van der Waals surface area (Å²) in [6, 6.07) is 25.2. The van der Waals surface area contributed by atoms with E-state index in [2.05, 4.69) is 29.6 Å². The zero-order chi connectivity index (χ0) is 26.1. The maximum atomic E-state index is 13.7. The molecule has 1 fully saturated rings. The van der Waals surface area contributed by atoms with E-state index in [-0.39, 0.29) is 17.9 Å². The van der Waals surface area contributed by atoms with Crippen LogP contribution in [0.5, 0.6) is 5.75 Å². The molecule has 0 spiro atoms. The van der Waals surface area contributed by atoms with Crippen LogP contribution in [0.15, 0.2) is 78.9 Å². The molecule has 0 bridgehead atoms. The summed E-state index contributed by atoms with van der Waals surface area (Å²) >= 11 is 0. The van der Waals surface area contributed by atoms with Gasteiger partial charge in [-0.15, -0.1) is 0 Å². The van der Waals surface area contributed by atoms with Gasteiger partial charge in [-0.05, 0) is 73.6 Å². The lowest BCUT2D eigenvalue weighted by Gasteiger charge is -2.37. The minimum absolute atomic E-state index is 0.0168. The zero-order valence-corrected chi connectivity index (χ0v) is 21.6. The van der Waals surface area contributed by atoms with Crippen molar-refractivity contribution in [1.82, 2.24) is 5.32 Å². The van der Waals surface area contributed by atoms with Crippen molar-refractivity contribution >= 4 is 11.9 Å². The van der Waals surface area contributed by atoms with Crippen molar-refractivity contribution in [2.75, 3.05) is 26.9 Å². The Morgan fingerprint density at radius 2 is 1.62 bits per heavy atom. The molecular weight excluding hydrogens is 466 g/mol. The molecule has 3 aromatic rings. The SMILES string of the molecule is COC(=O)c1ccc(C(C)NC(=O)C2(c3ccc(OCCCc4ccccc4)cc3)CCOCC2)cc1. The van der Waals surface area contributed by atoms with Crippen LogP contribution in [0.2, 0.25) is 0 Å². The first-order valence-electron chi connectivity index (χ1n) is 12.9. The average molecular weight is 502 g/mol. The van der Waals surface area contributed by atoms with E-state index < -0.39 is 5.41 Å². The Labute approximate surface area is 218 Å². The molecule has 0 aliphatic carbocycles. The van der Waals surface area contributed by atoms with Gasteiger partial charge in [0, 0.05) is 13.2 Å². The van der Waals surface area contributed by atoms with Gasteiger partial charge in [-0.2, -0.15) is 0 Å². The molecule has 4 rings (SSSR count). The van der Waals surface area contributed by atoms with Crippen LogP contribution >= 0.6 is 0 Å². The number of carbonyl (C=O) groups is 2. The zero-order valence-electron chi connectivity index (χ0n) is 21.6. The first kappa shape index (κ1) is 26.4. The number of esters is 1. The van der Waals surface area contributed by atoms with Crippen molar-refractivity contribution in [3.8, 4) is 5.75 Å². The van der Waals surface area contributed by atoms with E-state index in [9.17, 15) is 9.59 Å². The maximum absolute atomic E-state index is 13.7. The van der Waals surface area contributed by atoms with Gasteiger partial charge in [0.25, 0.3) is 0 Å². The first-order chi connectivity index (χ1) is 18.0. The fourth-order valence-electron chi connectivity index (χ4n) is 4.79. The predicted molar refractivity (Wildman–Crippen MR) is 143 cm³/mol. The fraction of sp³-hybridized carbons (Fsp3) is 0.355. The third-order valence-corrected chi connectivity index (χ3v) is 7.09. The number of hydrogen-bond donors (Lipinski definition) is 1. The highest BCUT2D eigenvalue weighted by atomic mass is 16.5. The summed E-state index contributed by atoms with van der Waals surface area (Å²) in [5, 5.41) is 3.20. The molecule has 1 saturated heterocycles. The van der Waals surface area contributed by atoms with Crippen LogP contribution in [0.1, 0.15) is 59.3 Å². The lowest BCUT2D eigenvalue weighted by molar-refractivity contribution is -0.131. The molecular formula is C31H35NO5. The summed E-state index contributed by atoms with van der Waals surface area (Å²) in [5.74, 6) is 0.406. The molecule has 0 saturated carbocycles. The third kappa shape index (κ3) is 6.57. The molecule has 37 heavy (non-hydrogen) atoms. The van der Waals surface area contributed by atoms with Crippen molar-refractivity contribution in [2.24, 2.45) is 0 Å². The molecule has 1 aliphatic heterocycles. The maximum Gasteiger partial charge on any atom is 0.337 e. The van der Waals surface area contributed by atoms with E-state index in [1.807, 2.05) is 49.4 Å². The van der Waals surface area contributed by atoms with Crippen LogP contribution in [0.25, 0.3) is 0 Å². The molecule has 0 aromatic heterocycles. The molecule has 6 heteroatoms.